The number of likely N-dealkylation sites (tertiary alicyclic amines) is 1. The smallest absolute Gasteiger partial charge is 0.224 e. The molecular weight excluding hydrogens is 388 g/mol. The Balaban J connectivity index is 1.65. The van der Waals surface area contributed by atoms with Gasteiger partial charge in [0.2, 0.25) is 11.8 Å². The van der Waals surface area contributed by atoms with Gasteiger partial charge in [0.15, 0.2) is 0 Å². The molecule has 0 unspecified atom stereocenters. The van der Waals surface area contributed by atoms with Crippen LogP contribution in [0, 0.1) is 19.3 Å². The van der Waals surface area contributed by atoms with Gasteiger partial charge >= 0.3 is 0 Å². The van der Waals surface area contributed by atoms with Crippen LogP contribution in [0.25, 0.3) is 0 Å². The van der Waals surface area contributed by atoms with Crippen molar-refractivity contribution in [2.24, 2.45) is 5.41 Å². The summed E-state index contributed by atoms with van der Waals surface area (Å²) in [6, 6.07) is 0.320. The van der Waals surface area contributed by atoms with Crippen LogP contribution in [-0.2, 0) is 16.0 Å². The molecule has 2 aliphatic rings. The fraction of sp³-hybridized carbons (Fsp3) is 0.760. The van der Waals surface area contributed by atoms with Crippen LogP contribution < -0.4 is 5.32 Å². The molecule has 0 spiro atoms. The molecule has 1 aromatic rings. The Morgan fingerprint density at radius 1 is 1.00 bits per heavy atom. The van der Waals surface area contributed by atoms with Gasteiger partial charge in [-0.15, -0.1) is 0 Å². The van der Waals surface area contributed by atoms with E-state index in [0.717, 1.165) is 55.0 Å². The molecule has 1 aliphatic heterocycles. The van der Waals surface area contributed by atoms with Gasteiger partial charge in [-0.1, -0.05) is 40.0 Å². The van der Waals surface area contributed by atoms with Gasteiger partial charge in [0.1, 0.15) is 5.82 Å². The maximum atomic E-state index is 12.7. The van der Waals surface area contributed by atoms with Crippen molar-refractivity contribution in [1.82, 2.24) is 20.2 Å². The molecule has 2 fully saturated rings. The summed E-state index contributed by atoms with van der Waals surface area (Å²) in [7, 11) is 0. The molecule has 1 aromatic heterocycles. The first kappa shape index (κ1) is 23.7. The lowest BCUT2D eigenvalue weighted by Gasteiger charge is -2.34. The quantitative estimate of drug-likeness (QED) is 0.762. The number of rotatable bonds is 5. The van der Waals surface area contributed by atoms with Gasteiger partial charge in [-0.3, -0.25) is 9.59 Å². The minimum atomic E-state index is -0.00640. The van der Waals surface area contributed by atoms with E-state index in [1.165, 1.54) is 19.3 Å². The average Bonchev–Trinajstić information content (AvgIpc) is 2.70. The number of aryl methyl sites for hydroxylation is 2. The number of aromatic nitrogens is 2. The van der Waals surface area contributed by atoms with E-state index in [9.17, 15) is 9.59 Å². The highest BCUT2D eigenvalue weighted by molar-refractivity contribution is 5.79. The average molecular weight is 429 g/mol. The van der Waals surface area contributed by atoms with Crippen molar-refractivity contribution in [3.05, 3.63) is 22.8 Å². The van der Waals surface area contributed by atoms with E-state index in [2.05, 4.69) is 26.1 Å². The number of carbonyl (C=O) groups excluding carboxylic acids is 2. The second-order valence-electron chi connectivity index (χ2n) is 10.7. The Bertz CT molecular complexity index is 770. The van der Waals surface area contributed by atoms with Gasteiger partial charge in [-0.25, -0.2) is 9.97 Å². The monoisotopic (exact) mass is 428 g/mol. The molecule has 2 amide bonds. The van der Waals surface area contributed by atoms with Crippen molar-refractivity contribution in [2.45, 2.75) is 104 Å². The molecule has 3 rings (SSSR count). The molecule has 172 valence electrons. The fourth-order valence-electron chi connectivity index (χ4n) is 4.87. The first-order chi connectivity index (χ1) is 14.6. The van der Waals surface area contributed by atoms with Crippen LogP contribution >= 0.6 is 0 Å². The lowest BCUT2D eigenvalue weighted by Crippen LogP contribution is -2.41. The molecular formula is C25H40N4O2. The zero-order valence-corrected chi connectivity index (χ0v) is 20.1. The molecule has 2 heterocycles. The number of hydrogen-bond donors (Lipinski definition) is 1. The predicted molar refractivity (Wildman–Crippen MR) is 123 cm³/mol. The van der Waals surface area contributed by atoms with E-state index >= 15 is 0 Å². The fourth-order valence-corrected chi connectivity index (χ4v) is 4.87. The highest BCUT2D eigenvalue weighted by Gasteiger charge is 2.29. The van der Waals surface area contributed by atoms with Gasteiger partial charge in [0, 0.05) is 48.4 Å². The number of piperidine rings is 1. The standard InChI is InChI=1S/C25H40N4O2/c1-17-21(14-22(30)28-20-11-7-6-8-12-20)18(2)27-24(26-17)19-10-9-13-29(16-19)23(31)15-25(3,4)5/h19-20H,6-16H2,1-5H3,(H,28,30)/t19-/m1/s1. The first-order valence-electron chi connectivity index (χ1n) is 12.0. The first-order valence-corrected chi connectivity index (χ1v) is 12.0. The summed E-state index contributed by atoms with van der Waals surface area (Å²) in [5.41, 5.74) is 2.71. The Kier molecular flexibility index (Phi) is 7.71. The predicted octanol–water partition coefficient (Wildman–Crippen LogP) is 4.23. The second kappa shape index (κ2) is 10.1. The maximum Gasteiger partial charge on any atom is 0.224 e. The van der Waals surface area contributed by atoms with Crippen LogP contribution in [0.5, 0.6) is 0 Å². The van der Waals surface area contributed by atoms with E-state index in [1.54, 1.807) is 0 Å². The lowest BCUT2D eigenvalue weighted by atomic mass is 9.90. The van der Waals surface area contributed by atoms with Crippen molar-refractivity contribution in [1.29, 1.82) is 0 Å². The molecule has 1 saturated carbocycles. The highest BCUT2D eigenvalue weighted by Crippen LogP contribution is 2.28. The topological polar surface area (TPSA) is 75.2 Å². The molecule has 1 atom stereocenters. The van der Waals surface area contributed by atoms with Crippen LogP contribution in [0.15, 0.2) is 0 Å². The van der Waals surface area contributed by atoms with Gasteiger partial charge in [-0.2, -0.15) is 0 Å². The van der Waals surface area contributed by atoms with Crippen molar-refractivity contribution in [3.8, 4) is 0 Å². The summed E-state index contributed by atoms with van der Waals surface area (Å²) in [4.78, 5) is 36.9. The molecule has 6 heteroatoms. The number of nitrogens with one attached hydrogen (secondary N) is 1. The van der Waals surface area contributed by atoms with Crippen LogP contribution in [0.3, 0.4) is 0 Å². The SMILES string of the molecule is Cc1nc([C@@H]2CCCN(C(=O)CC(C)(C)C)C2)nc(C)c1CC(=O)NC1CCCCC1. The number of hydrogen-bond acceptors (Lipinski definition) is 4. The molecule has 31 heavy (non-hydrogen) atoms. The van der Waals surface area contributed by atoms with Gasteiger partial charge in [0.05, 0.1) is 6.42 Å². The molecule has 6 nitrogen and oxygen atoms in total. The summed E-state index contributed by atoms with van der Waals surface area (Å²) in [5, 5.41) is 3.20. The van der Waals surface area contributed by atoms with Crippen molar-refractivity contribution in [3.63, 3.8) is 0 Å². The third kappa shape index (κ3) is 6.75. The van der Waals surface area contributed by atoms with E-state index in [0.29, 0.717) is 25.4 Å². The molecule has 0 aromatic carbocycles. The Morgan fingerprint density at radius 2 is 1.65 bits per heavy atom. The van der Waals surface area contributed by atoms with Crippen molar-refractivity contribution >= 4 is 11.8 Å². The minimum absolute atomic E-state index is 0.00640. The molecule has 0 radical (unpaired) electrons. The third-order valence-electron chi connectivity index (χ3n) is 6.57. The number of amides is 2. The van der Waals surface area contributed by atoms with E-state index in [4.69, 9.17) is 9.97 Å². The van der Waals surface area contributed by atoms with Crippen molar-refractivity contribution < 1.29 is 9.59 Å². The zero-order valence-electron chi connectivity index (χ0n) is 20.1. The van der Waals surface area contributed by atoms with Crippen LogP contribution in [-0.4, -0.2) is 45.8 Å². The van der Waals surface area contributed by atoms with E-state index in [1.807, 2.05) is 18.7 Å². The van der Waals surface area contributed by atoms with Crippen molar-refractivity contribution in [2.75, 3.05) is 13.1 Å². The molecule has 1 N–H and O–H groups in total. The Labute approximate surface area is 187 Å². The highest BCUT2D eigenvalue weighted by atomic mass is 16.2. The summed E-state index contributed by atoms with van der Waals surface area (Å²) in [5.74, 6) is 1.28. The Hall–Kier alpha value is -1.98. The summed E-state index contributed by atoms with van der Waals surface area (Å²) >= 11 is 0. The van der Waals surface area contributed by atoms with Gasteiger partial charge in [0.25, 0.3) is 0 Å². The Morgan fingerprint density at radius 3 is 2.26 bits per heavy atom. The van der Waals surface area contributed by atoms with Gasteiger partial charge in [-0.05, 0) is 44.9 Å². The van der Waals surface area contributed by atoms with Crippen LogP contribution in [0.4, 0.5) is 0 Å². The minimum Gasteiger partial charge on any atom is -0.353 e. The van der Waals surface area contributed by atoms with Gasteiger partial charge < -0.3 is 10.2 Å². The van der Waals surface area contributed by atoms with Crippen LogP contribution in [0.2, 0.25) is 0 Å². The lowest BCUT2D eigenvalue weighted by molar-refractivity contribution is -0.134. The van der Waals surface area contributed by atoms with E-state index in [-0.39, 0.29) is 23.1 Å². The molecule has 1 saturated heterocycles. The summed E-state index contributed by atoms with van der Waals surface area (Å²) < 4.78 is 0. The van der Waals surface area contributed by atoms with Crippen LogP contribution in [0.1, 0.15) is 101 Å². The molecule has 1 aliphatic carbocycles. The summed E-state index contributed by atoms with van der Waals surface area (Å²) in [6.45, 7) is 11.8. The van der Waals surface area contributed by atoms with E-state index < -0.39 is 0 Å². The molecule has 0 bridgehead atoms. The second-order valence-corrected chi connectivity index (χ2v) is 10.7. The summed E-state index contributed by atoms with van der Waals surface area (Å²) in [6.07, 6.45) is 8.75. The number of carbonyl (C=O) groups is 2. The maximum absolute atomic E-state index is 12.7. The zero-order chi connectivity index (χ0) is 22.6. The largest absolute Gasteiger partial charge is 0.353 e. The third-order valence-corrected chi connectivity index (χ3v) is 6.57. The normalized spacial score (nSPS) is 20.5. The number of nitrogens with zero attached hydrogens (tertiary/aromatic N) is 3.